The summed E-state index contributed by atoms with van der Waals surface area (Å²) in [7, 11) is 0. The molecule has 0 amide bonds. The molecule has 8 heteroatoms. The third-order valence-corrected chi connectivity index (χ3v) is 4.61. The van der Waals surface area contributed by atoms with Crippen LogP contribution in [0.4, 0.5) is 13.2 Å². The van der Waals surface area contributed by atoms with Crippen LogP contribution in [-0.2, 0) is 17.4 Å². The summed E-state index contributed by atoms with van der Waals surface area (Å²) in [5, 5.41) is 1.33. The first-order chi connectivity index (χ1) is 12.9. The monoisotopic (exact) mass is 390 g/mol. The van der Waals surface area contributed by atoms with Crippen molar-refractivity contribution in [3.05, 3.63) is 78.5 Å². The maximum Gasteiger partial charge on any atom is 0.416 e. The molecule has 0 saturated carbocycles. The van der Waals surface area contributed by atoms with Crippen molar-refractivity contribution >= 4 is 11.2 Å². The Balaban J connectivity index is 1.87. The van der Waals surface area contributed by atoms with Crippen molar-refractivity contribution in [2.24, 2.45) is 0 Å². The van der Waals surface area contributed by atoms with Gasteiger partial charge in [-0.05, 0) is 48.5 Å². The van der Waals surface area contributed by atoms with Gasteiger partial charge in [0.05, 0.1) is 5.56 Å². The molecule has 0 fully saturated rings. The number of hydrogen-bond donors (Lipinski definition) is 0. The Morgan fingerprint density at radius 1 is 0.963 bits per heavy atom. The summed E-state index contributed by atoms with van der Waals surface area (Å²) < 4.78 is 55.3. The predicted octanol–water partition coefficient (Wildman–Crippen LogP) is 5.21. The van der Waals surface area contributed by atoms with E-state index >= 15 is 0 Å². The summed E-state index contributed by atoms with van der Waals surface area (Å²) in [5.41, 5.74) is 0.309. The largest absolute Gasteiger partial charge is 0.607 e. The van der Waals surface area contributed by atoms with E-state index in [2.05, 4.69) is 16.5 Å². The van der Waals surface area contributed by atoms with Gasteiger partial charge in [0.25, 0.3) is 0 Å². The zero-order chi connectivity index (χ0) is 19.4. The summed E-state index contributed by atoms with van der Waals surface area (Å²) in [6.45, 7) is 3.49. The van der Waals surface area contributed by atoms with Crippen molar-refractivity contribution in [3.8, 4) is 22.9 Å². The maximum absolute atomic E-state index is 12.7. The molecule has 138 valence electrons. The Bertz CT molecular complexity index is 929. The molecule has 1 heterocycles. The molecule has 3 aromatic rings. The van der Waals surface area contributed by atoms with E-state index in [1.165, 1.54) is 29.9 Å². The predicted molar refractivity (Wildman–Crippen MR) is 95.6 cm³/mol. The number of ether oxygens (including phenoxy) is 1. The molecule has 0 radical (unpaired) electrons. The summed E-state index contributed by atoms with van der Waals surface area (Å²) in [6.07, 6.45) is -1.52. The second-order valence-electron chi connectivity index (χ2n) is 5.32. The van der Waals surface area contributed by atoms with Crippen LogP contribution in [0.5, 0.6) is 11.6 Å². The van der Waals surface area contributed by atoms with E-state index in [1.54, 1.807) is 24.3 Å². The van der Waals surface area contributed by atoms with Crippen molar-refractivity contribution in [1.82, 2.24) is 9.97 Å². The number of rotatable bonds is 5. The lowest BCUT2D eigenvalue weighted by Gasteiger charge is -2.11. The zero-order valence-electron chi connectivity index (χ0n) is 13.8. The Morgan fingerprint density at radius 3 is 2.19 bits per heavy atom. The van der Waals surface area contributed by atoms with Gasteiger partial charge in [0.2, 0.25) is 5.88 Å². The normalized spacial score (nSPS) is 12.4. The van der Waals surface area contributed by atoms with Crippen LogP contribution in [0.2, 0.25) is 0 Å². The number of alkyl halides is 3. The highest BCUT2D eigenvalue weighted by Gasteiger charge is 2.30. The second kappa shape index (κ2) is 7.81. The molecule has 0 spiro atoms. The van der Waals surface area contributed by atoms with Gasteiger partial charge >= 0.3 is 6.18 Å². The molecule has 1 aromatic heterocycles. The molecule has 1 unspecified atom stereocenters. The van der Waals surface area contributed by atoms with E-state index in [4.69, 9.17) is 4.74 Å². The van der Waals surface area contributed by atoms with Crippen molar-refractivity contribution in [2.45, 2.75) is 11.1 Å². The van der Waals surface area contributed by atoms with Crippen LogP contribution in [0.1, 0.15) is 5.56 Å². The number of benzene rings is 2. The Morgan fingerprint density at radius 2 is 1.59 bits per heavy atom. The molecular formula is C19H13F3N2O2S. The Kier molecular flexibility index (Phi) is 5.48. The Labute approximate surface area is 156 Å². The molecule has 0 aliphatic carbocycles. The smallest absolute Gasteiger partial charge is 0.416 e. The highest BCUT2D eigenvalue weighted by Crippen LogP contribution is 2.33. The quantitative estimate of drug-likeness (QED) is 0.562. The van der Waals surface area contributed by atoms with E-state index in [9.17, 15) is 17.7 Å². The van der Waals surface area contributed by atoms with Crippen LogP contribution in [0.25, 0.3) is 11.3 Å². The number of aromatic nitrogens is 2. The standard InChI is InChI=1S/C19H13F3N2O2S/c1-2-27(25)16-9-3-13(4-10-16)17-18(24-12-11-23-17)26-15-7-5-14(6-8-15)19(20,21)22/h2-12H,1H2. The van der Waals surface area contributed by atoms with Gasteiger partial charge in [0.15, 0.2) is 4.90 Å². The van der Waals surface area contributed by atoms with E-state index in [1.807, 2.05) is 0 Å². The highest BCUT2D eigenvalue weighted by molar-refractivity contribution is 7.94. The minimum absolute atomic E-state index is 0.148. The van der Waals surface area contributed by atoms with Gasteiger partial charge in [0.1, 0.15) is 16.9 Å². The zero-order valence-corrected chi connectivity index (χ0v) is 14.6. The summed E-state index contributed by atoms with van der Waals surface area (Å²) in [4.78, 5) is 8.93. The van der Waals surface area contributed by atoms with Gasteiger partial charge in [-0.25, -0.2) is 9.97 Å². The maximum atomic E-state index is 12.7. The minimum Gasteiger partial charge on any atom is -0.607 e. The fraction of sp³-hybridized carbons (Fsp3) is 0.0526. The van der Waals surface area contributed by atoms with Crippen molar-refractivity contribution < 1.29 is 22.5 Å². The summed E-state index contributed by atoms with van der Waals surface area (Å²) >= 11 is -1.30. The van der Waals surface area contributed by atoms with Gasteiger partial charge in [-0.15, -0.1) is 0 Å². The van der Waals surface area contributed by atoms with E-state index in [0.717, 1.165) is 12.1 Å². The molecule has 1 atom stereocenters. The summed E-state index contributed by atoms with van der Waals surface area (Å²) in [6, 6.07) is 11.1. The third kappa shape index (κ3) is 4.47. The molecule has 0 aliphatic heterocycles. The average Bonchev–Trinajstić information content (AvgIpc) is 2.68. The molecule has 4 nitrogen and oxygen atoms in total. The first kappa shape index (κ1) is 18.9. The van der Waals surface area contributed by atoms with Crippen molar-refractivity contribution in [1.29, 1.82) is 0 Å². The lowest BCUT2D eigenvalue weighted by atomic mass is 10.1. The first-order valence-electron chi connectivity index (χ1n) is 7.68. The summed E-state index contributed by atoms with van der Waals surface area (Å²) in [5.74, 6) is 0.351. The molecule has 0 saturated heterocycles. The van der Waals surface area contributed by atoms with Gasteiger partial charge in [0, 0.05) is 29.1 Å². The van der Waals surface area contributed by atoms with Crippen LogP contribution in [0.15, 0.2) is 77.8 Å². The minimum atomic E-state index is -4.41. The van der Waals surface area contributed by atoms with Gasteiger partial charge in [-0.1, -0.05) is 6.58 Å². The second-order valence-corrected chi connectivity index (χ2v) is 6.72. The molecule has 3 rings (SSSR count). The highest BCUT2D eigenvalue weighted by atomic mass is 32.2. The average molecular weight is 390 g/mol. The van der Waals surface area contributed by atoms with Crippen LogP contribution in [0, 0.1) is 0 Å². The van der Waals surface area contributed by atoms with Gasteiger partial charge in [-0.3, -0.25) is 0 Å². The molecule has 27 heavy (non-hydrogen) atoms. The van der Waals surface area contributed by atoms with Crippen molar-refractivity contribution in [3.63, 3.8) is 0 Å². The number of hydrogen-bond acceptors (Lipinski definition) is 4. The number of nitrogens with zero attached hydrogens (tertiary/aromatic N) is 2. The third-order valence-electron chi connectivity index (χ3n) is 3.57. The van der Waals surface area contributed by atoms with Crippen LogP contribution in [-0.4, -0.2) is 14.5 Å². The molecule has 0 N–H and O–H groups in total. The Hall–Kier alpha value is -2.84. The number of halogens is 3. The van der Waals surface area contributed by atoms with Crippen molar-refractivity contribution in [2.75, 3.05) is 0 Å². The lowest BCUT2D eigenvalue weighted by molar-refractivity contribution is -0.137. The van der Waals surface area contributed by atoms with Crippen LogP contribution < -0.4 is 4.74 Å². The fourth-order valence-corrected chi connectivity index (χ4v) is 2.86. The van der Waals surface area contributed by atoms with E-state index in [-0.39, 0.29) is 11.6 Å². The van der Waals surface area contributed by atoms with Crippen LogP contribution >= 0.6 is 0 Å². The molecule has 2 aromatic carbocycles. The van der Waals surface area contributed by atoms with Crippen LogP contribution in [0.3, 0.4) is 0 Å². The van der Waals surface area contributed by atoms with E-state index < -0.39 is 22.9 Å². The SMILES string of the molecule is C=C[S+]([O-])c1ccc(-c2nccnc2Oc2ccc(C(F)(F)F)cc2)cc1. The first-order valence-corrected chi connectivity index (χ1v) is 8.89. The molecule has 0 bridgehead atoms. The van der Waals surface area contributed by atoms with E-state index in [0.29, 0.717) is 16.2 Å². The van der Waals surface area contributed by atoms with Gasteiger partial charge < -0.3 is 9.29 Å². The molecule has 0 aliphatic rings. The molecular weight excluding hydrogens is 377 g/mol. The topological polar surface area (TPSA) is 58.1 Å². The fourth-order valence-electron chi connectivity index (χ4n) is 2.26. The van der Waals surface area contributed by atoms with Gasteiger partial charge in [-0.2, -0.15) is 13.2 Å². The lowest BCUT2D eigenvalue weighted by Crippen LogP contribution is -2.04.